The van der Waals surface area contributed by atoms with Gasteiger partial charge in [0.15, 0.2) is 11.6 Å². The third kappa shape index (κ3) is 3.13. The maximum atomic E-state index is 12.6. The Hall–Kier alpha value is -3.09. The van der Waals surface area contributed by atoms with Crippen molar-refractivity contribution in [3.63, 3.8) is 0 Å². The summed E-state index contributed by atoms with van der Waals surface area (Å²) in [5, 5.41) is 8.18. The van der Waals surface area contributed by atoms with Gasteiger partial charge in [0.25, 0.3) is 5.91 Å². The van der Waals surface area contributed by atoms with E-state index in [1.54, 1.807) is 17.0 Å². The van der Waals surface area contributed by atoms with Crippen molar-refractivity contribution >= 4 is 5.91 Å². The van der Waals surface area contributed by atoms with Crippen molar-refractivity contribution in [2.45, 2.75) is 26.6 Å². The lowest BCUT2D eigenvalue weighted by Gasteiger charge is -2.26. The summed E-state index contributed by atoms with van der Waals surface area (Å²) in [4.78, 5) is 14.4. The fourth-order valence-electron chi connectivity index (χ4n) is 2.87. The van der Waals surface area contributed by atoms with E-state index >= 15 is 0 Å². The summed E-state index contributed by atoms with van der Waals surface area (Å²) < 4.78 is 13.3. The van der Waals surface area contributed by atoms with Crippen LogP contribution in [-0.2, 0) is 19.7 Å². The average Bonchev–Trinajstić information content (AvgIpc) is 3.27. The molecule has 0 spiro atoms. The van der Waals surface area contributed by atoms with Crippen LogP contribution in [0.2, 0.25) is 0 Å². The van der Waals surface area contributed by atoms with E-state index in [-0.39, 0.29) is 12.5 Å². The van der Waals surface area contributed by atoms with Crippen LogP contribution in [0.1, 0.15) is 28.0 Å². The number of ether oxygens (including phenoxy) is 1. The predicted molar refractivity (Wildman–Crippen MR) is 89.0 cm³/mol. The van der Waals surface area contributed by atoms with Crippen LogP contribution in [0.25, 0.3) is 0 Å². The van der Waals surface area contributed by atoms with E-state index in [2.05, 4.69) is 10.2 Å². The number of aryl methyl sites for hydroxylation is 1. The number of amides is 1. The molecule has 1 aliphatic heterocycles. The molecule has 0 atom stereocenters. The monoisotopic (exact) mass is 338 g/mol. The number of furan rings is 1. The van der Waals surface area contributed by atoms with Gasteiger partial charge in [-0.2, -0.15) is 0 Å². The SMILES string of the molecule is Cc1nnc2n1CCN(C(=O)c1ccc(COc3ccccc3)o1)C2. The number of fused-ring (bicyclic) bond motifs is 1. The quantitative estimate of drug-likeness (QED) is 0.730. The van der Waals surface area contributed by atoms with Crippen LogP contribution in [0.5, 0.6) is 5.75 Å². The van der Waals surface area contributed by atoms with Crippen LogP contribution in [-0.4, -0.2) is 32.1 Å². The molecule has 4 rings (SSSR count). The molecule has 0 radical (unpaired) electrons. The smallest absolute Gasteiger partial charge is 0.290 e. The summed E-state index contributed by atoms with van der Waals surface area (Å²) in [6.45, 7) is 3.95. The molecule has 0 aliphatic carbocycles. The fraction of sp³-hybridized carbons (Fsp3) is 0.278. The Labute approximate surface area is 144 Å². The first-order chi connectivity index (χ1) is 12.2. The number of carbonyl (C=O) groups excluding carboxylic acids is 1. The molecule has 0 N–H and O–H groups in total. The number of benzene rings is 1. The Kier molecular flexibility index (Phi) is 3.97. The Morgan fingerprint density at radius 1 is 1.16 bits per heavy atom. The van der Waals surface area contributed by atoms with Crippen LogP contribution in [0, 0.1) is 6.92 Å². The minimum Gasteiger partial charge on any atom is -0.486 e. The van der Waals surface area contributed by atoms with E-state index in [0.29, 0.717) is 31.2 Å². The summed E-state index contributed by atoms with van der Waals surface area (Å²) in [6.07, 6.45) is 0. The molecule has 1 aromatic carbocycles. The molecule has 0 saturated heterocycles. The molecule has 1 aliphatic rings. The second kappa shape index (κ2) is 6.43. The zero-order valence-corrected chi connectivity index (χ0v) is 13.9. The molecular formula is C18H18N4O3. The lowest BCUT2D eigenvalue weighted by Crippen LogP contribution is -2.38. The van der Waals surface area contributed by atoms with Crippen LogP contribution in [0.15, 0.2) is 46.9 Å². The van der Waals surface area contributed by atoms with E-state index in [9.17, 15) is 4.79 Å². The fourth-order valence-corrected chi connectivity index (χ4v) is 2.87. The van der Waals surface area contributed by atoms with E-state index in [0.717, 1.165) is 17.4 Å². The Bertz CT molecular complexity index is 885. The number of hydrogen-bond acceptors (Lipinski definition) is 5. The Morgan fingerprint density at radius 3 is 2.84 bits per heavy atom. The number of nitrogens with zero attached hydrogens (tertiary/aromatic N) is 4. The van der Waals surface area contributed by atoms with Crippen LogP contribution < -0.4 is 4.74 Å². The molecule has 7 nitrogen and oxygen atoms in total. The van der Waals surface area contributed by atoms with Crippen molar-refractivity contribution < 1.29 is 13.9 Å². The second-order valence-electron chi connectivity index (χ2n) is 5.91. The zero-order valence-electron chi connectivity index (χ0n) is 13.9. The highest BCUT2D eigenvalue weighted by Gasteiger charge is 2.26. The van der Waals surface area contributed by atoms with Gasteiger partial charge in [0, 0.05) is 13.1 Å². The molecule has 128 valence electrons. The minimum absolute atomic E-state index is 0.141. The molecular weight excluding hydrogens is 320 g/mol. The maximum absolute atomic E-state index is 12.6. The standard InChI is InChI=1S/C18H18N4O3/c1-13-19-20-17-11-21(9-10-22(13)17)18(23)16-8-7-15(25-16)12-24-14-5-3-2-4-6-14/h2-8H,9-12H2,1H3. The summed E-state index contributed by atoms with van der Waals surface area (Å²) in [6, 6.07) is 13.0. The van der Waals surface area contributed by atoms with Gasteiger partial charge in [-0.15, -0.1) is 10.2 Å². The van der Waals surface area contributed by atoms with Gasteiger partial charge in [-0.1, -0.05) is 18.2 Å². The molecule has 0 bridgehead atoms. The lowest BCUT2D eigenvalue weighted by atomic mass is 10.3. The van der Waals surface area contributed by atoms with E-state index in [4.69, 9.17) is 9.15 Å². The van der Waals surface area contributed by atoms with Crippen molar-refractivity contribution in [1.82, 2.24) is 19.7 Å². The number of rotatable bonds is 4. The number of carbonyl (C=O) groups is 1. The molecule has 0 saturated carbocycles. The van der Waals surface area contributed by atoms with Gasteiger partial charge in [-0.3, -0.25) is 4.79 Å². The van der Waals surface area contributed by atoms with Crippen molar-refractivity contribution in [2.75, 3.05) is 6.54 Å². The van der Waals surface area contributed by atoms with Gasteiger partial charge in [0.05, 0.1) is 6.54 Å². The molecule has 2 aromatic heterocycles. The summed E-state index contributed by atoms with van der Waals surface area (Å²) in [7, 11) is 0. The Balaban J connectivity index is 1.41. The summed E-state index contributed by atoms with van der Waals surface area (Å²) in [5.41, 5.74) is 0. The van der Waals surface area contributed by atoms with Gasteiger partial charge >= 0.3 is 0 Å². The van der Waals surface area contributed by atoms with Crippen molar-refractivity contribution in [3.05, 3.63) is 65.6 Å². The second-order valence-corrected chi connectivity index (χ2v) is 5.91. The van der Waals surface area contributed by atoms with Gasteiger partial charge in [-0.25, -0.2) is 0 Å². The van der Waals surface area contributed by atoms with Crippen LogP contribution in [0.4, 0.5) is 0 Å². The average molecular weight is 338 g/mol. The highest BCUT2D eigenvalue weighted by Crippen LogP contribution is 2.18. The molecule has 7 heteroatoms. The predicted octanol–water partition coefficient (Wildman–Crippen LogP) is 2.41. The topological polar surface area (TPSA) is 73.4 Å². The Morgan fingerprint density at radius 2 is 2.00 bits per heavy atom. The van der Waals surface area contributed by atoms with Crippen molar-refractivity contribution in [2.24, 2.45) is 0 Å². The van der Waals surface area contributed by atoms with Gasteiger partial charge in [0.1, 0.15) is 23.9 Å². The van der Waals surface area contributed by atoms with E-state index < -0.39 is 0 Å². The third-order valence-electron chi connectivity index (χ3n) is 4.22. The first-order valence-electron chi connectivity index (χ1n) is 8.15. The molecule has 1 amide bonds. The third-order valence-corrected chi connectivity index (χ3v) is 4.22. The molecule has 0 unspecified atom stereocenters. The summed E-state index contributed by atoms with van der Waals surface area (Å²) >= 11 is 0. The van der Waals surface area contributed by atoms with Gasteiger partial charge in [0.2, 0.25) is 0 Å². The first kappa shape index (κ1) is 15.4. The van der Waals surface area contributed by atoms with Gasteiger partial charge in [-0.05, 0) is 31.2 Å². The number of para-hydroxylation sites is 1. The largest absolute Gasteiger partial charge is 0.486 e. The number of hydrogen-bond donors (Lipinski definition) is 0. The van der Waals surface area contributed by atoms with Gasteiger partial charge < -0.3 is 18.6 Å². The molecule has 25 heavy (non-hydrogen) atoms. The minimum atomic E-state index is -0.141. The van der Waals surface area contributed by atoms with Crippen molar-refractivity contribution in [3.8, 4) is 5.75 Å². The zero-order chi connectivity index (χ0) is 17.2. The van der Waals surface area contributed by atoms with E-state index in [1.165, 1.54) is 0 Å². The summed E-state index contributed by atoms with van der Waals surface area (Å²) in [5.74, 6) is 3.23. The normalized spacial score (nSPS) is 13.6. The highest BCUT2D eigenvalue weighted by atomic mass is 16.5. The maximum Gasteiger partial charge on any atom is 0.290 e. The lowest BCUT2D eigenvalue weighted by molar-refractivity contribution is 0.0670. The molecule has 0 fully saturated rings. The van der Waals surface area contributed by atoms with Crippen LogP contribution >= 0.6 is 0 Å². The first-order valence-corrected chi connectivity index (χ1v) is 8.15. The number of aromatic nitrogens is 3. The highest BCUT2D eigenvalue weighted by molar-refractivity contribution is 5.91. The van der Waals surface area contributed by atoms with E-state index in [1.807, 2.05) is 41.8 Å². The van der Waals surface area contributed by atoms with Crippen molar-refractivity contribution in [1.29, 1.82) is 0 Å². The molecule has 3 aromatic rings. The van der Waals surface area contributed by atoms with Crippen LogP contribution in [0.3, 0.4) is 0 Å². The molecule has 3 heterocycles.